The zero-order valence-electron chi connectivity index (χ0n) is 11.3. The van der Waals surface area contributed by atoms with E-state index in [1.54, 1.807) is 29.5 Å². The second-order valence-corrected chi connectivity index (χ2v) is 6.08. The number of hydrogen-bond donors (Lipinski definition) is 2. The Morgan fingerprint density at radius 2 is 2.25 bits per heavy atom. The van der Waals surface area contributed by atoms with Crippen LogP contribution in [0.2, 0.25) is 0 Å². The summed E-state index contributed by atoms with van der Waals surface area (Å²) in [5, 5.41) is 0. The van der Waals surface area contributed by atoms with E-state index in [4.69, 9.17) is 10.6 Å². The third-order valence-electron chi connectivity index (χ3n) is 3.74. The summed E-state index contributed by atoms with van der Waals surface area (Å²) in [5.41, 5.74) is 4.63. The lowest BCUT2D eigenvalue weighted by Crippen LogP contribution is -2.29. The maximum absolute atomic E-state index is 14.4. The first kappa shape index (κ1) is 13.5. The molecule has 5 heteroatoms. The zero-order valence-corrected chi connectivity index (χ0v) is 12.1. The van der Waals surface area contributed by atoms with Crippen molar-refractivity contribution < 1.29 is 9.13 Å². The molecule has 1 heterocycles. The highest BCUT2D eigenvalue weighted by molar-refractivity contribution is 7.12. The number of rotatable bonds is 4. The highest BCUT2D eigenvalue weighted by atomic mass is 32.1. The fraction of sp³-hybridized carbons (Fsp3) is 0.333. The van der Waals surface area contributed by atoms with Gasteiger partial charge in [0, 0.05) is 15.3 Å². The van der Waals surface area contributed by atoms with E-state index in [0.717, 1.165) is 17.7 Å². The predicted molar refractivity (Wildman–Crippen MR) is 78.5 cm³/mol. The number of benzene rings is 1. The molecule has 1 aromatic carbocycles. The van der Waals surface area contributed by atoms with Gasteiger partial charge in [-0.2, -0.15) is 0 Å². The highest BCUT2D eigenvalue weighted by Gasteiger charge is 2.24. The van der Waals surface area contributed by atoms with Crippen LogP contribution in [0.5, 0.6) is 5.75 Å². The molecule has 0 saturated heterocycles. The second kappa shape index (κ2) is 5.52. The van der Waals surface area contributed by atoms with E-state index in [1.165, 1.54) is 24.0 Å². The molecule has 1 aliphatic carbocycles. The third-order valence-corrected chi connectivity index (χ3v) is 5.04. The maximum atomic E-state index is 14.4. The Morgan fingerprint density at radius 1 is 1.40 bits per heavy atom. The Labute approximate surface area is 121 Å². The summed E-state index contributed by atoms with van der Waals surface area (Å²) in [5.74, 6) is 5.55. The summed E-state index contributed by atoms with van der Waals surface area (Å²) in [4.78, 5) is 2.47. The van der Waals surface area contributed by atoms with Gasteiger partial charge >= 0.3 is 0 Å². The summed E-state index contributed by atoms with van der Waals surface area (Å²) in [6, 6.07) is 6.95. The van der Waals surface area contributed by atoms with Crippen molar-refractivity contribution in [2.75, 3.05) is 7.11 Å². The molecule has 0 fully saturated rings. The molecule has 0 amide bonds. The standard InChI is InChI=1S/C15H17FN2OS/c1-19-11-6-3-5-10(14(11)16)15(18-17)13-8-9-4-2-7-12(9)20-13/h3,5-6,8,15,18H,2,4,7,17H2,1H3. The van der Waals surface area contributed by atoms with Crippen molar-refractivity contribution in [2.24, 2.45) is 5.84 Å². The van der Waals surface area contributed by atoms with Crippen molar-refractivity contribution in [1.82, 2.24) is 5.43 Å². The van der Waals surface area contributed by atoms with Gasteiger partial charge in [-0.1, -0.05) is 12.1 Å². The number of nitrogens with one attached hydrogen (secondary N) is 1. The summed E-state index contributed by atoms with van der Waals surface area (Å²) in [6.07, 6.45) is 3.46. The lowest BCUT2D eigenvalue weighted by molar-refractivity contribution is 0.382. The quantitative estimate of drug-likeness (QED) is 0.673. The van der Waals surface area contributed by atoms with Gasteiger partial charge in [-0.05, 0) is 37.0 Å². The van der Waals surface area contributed by atoms with Crippen molar-refractivity contribution in [3.8, 4) is 5.75 Å². The van der Waals surface area contributed by atoms with Crippen LogP contribution < -0.4 is 16.0 Å². The number of hydrogen-bond acceptors (Lipinski definition) is 4. The minimum Gasteiger partial charge on any atom is -0.494 e. The van der Waals surface area contributed by atoms with Gasteiger partial charge in [-0.25, -0.2) is 9.82 Å². The molecule has 0 aliphatic heterocycles. The van der Waals surface area contributed by atoms with E-state index in [9.17, 15) is 4.39 Å². The van der Waals surface area contributed by atoms with Crippen LogP contribution in [0.15, 0.2) is 24.3 Å². The van der Waals surface area contributed by atoms with Crippen molar-refractivity contribution in [3.05, 3.63) is 51.0 Å². The topological polar surface area (TPSA) is 47.3 Å². The molecule has 0 spiro atoms. The van der Waals surface area contributed by atoms with Gasteiger partial charge in [-0.3, -0.25) is 5.84 Å². The van der Waals surface area contributed by atoms with E-state index in [-0.39, 0.29) is 17.6 Å². The van der Waals surface area contributed by atoms with Crippen LogP contribution in [0.4, 0.5) is 4.39 Å². The summed E-state index contributed by atoms with van der Waals surface area (Å²) in [7, 11) is 1.47. The SMILES string of the molecule is COc1cccc(C(NN)c2cc3c(s2)CCC3)c1F. The molecule has 1 aromatic heterocycles. The molecule has 0 saturated carbocycles. The van der Waals surface area contributed by atoms with Crippen LogP contribution in [-0.4, -0.2) is 7.11 Å². The molecule has 1 aliphatic rings. The average molecular weight is 292 g/mol. The van der Waals surface area contributed by atoms with Crippen LogP contribution >= 0.6 is 11.3 Å². The normalized spacial score (nSPS) is 15.2. The Morgan fingerprint density at radius 3 is 2.95 bits per heavy atom. The number of hydrazine groups is 1. The number of fused-ring (bicyclic) bond motifs is 1. The lowest BCUT2D eigenvalue weighted by atomic mass is 10.0. The summed E-state index contributed by atoms with van der Waals surface area (Å²) < 4.78 is 19.4. The van der Waals surface area contributed by atoms with Crippen LogP contribution in [0.1, 0.15) is 33.3 Å². The molecule has 3 N–H and O–H groups in total. The van der Waals surface area contributed by atoms with Crippen molar-refractivity contribution >= 4 is 11.3 Å². The number of ether oxygens (including phenoxy) is 1. The first-order chi connectivity index (χ1) is 9.74. The van der Waals surface area contributed by atoms with Crippen molar-refractivity contribution in [3.63, 3.8) is 0 Å². The largest absolute Gasteiger partial charge is 0.494 e. The molecular weight excluding hydrogens is 275 g/mol. The number of nitrogens with two attached hydrogens (primary N) is 1. The Bertz CT molecular complexity index is 605. The molecule has 1 unspecified atom stereocenters. The van der Waals surface area contributed by atoms with Gasteiger partial charge in [0.05, 0.1) is 13.2 Å². The summed E-state index contributed by atoms with van der Waals surface area (Å²) >= 11 is 1.72. The summed E-state index contributed by atoms with van der Waals surface area (Å²) in [6.45, 7) is 0. The van der Waals surface area contributed by atoms with E-state index in [1.807, 2.05) is 0 Å². The van der Waals surface area contributed by atoms with E-state index in [0.29, 0.717) is 5.56 Å². The molecular formula is C15H17FN2OS. The minimum absolute atomic E-state index is 0.242. The first-order valence-electron chi connectivity index (χ1n) is 6.64. The third kappa shape index (κ3) is 2.22. The van der Waals surface area contributed by atoms with Gasteiger partial charge < -0.3 is 4.74 Å². The Balaban J connectivity index is 2.01. The molecule has 2 aromatic rings. The molecule has 0 radical (unpaired) electrons. The first-order valence-corrected chi connectivity index (χ1v) is 7.46. The maximum Gasteiger partial charge on any atom is 0.170 e. The number of aryl methyl sites for hydroxylation is 2. The lowest BCUT2D eigenvalue weighted by Gasteiger charge is -2.17. The van der Waals surface area contributed by atoms with Crippen LogP contribution in [-0.2, 0) is 12.8 Å². The van der Waals surface area contributed by atoms with Gasteiger partial charge in [-0.15, -0.1) is 11.3 Å². The predicted octanol–water partition coefficient (Wildman–Crippen LogP) is 2.94. The average Bonchev–Trinajstić information content (AvgIpc) is 3.03. The van der Waals surface area contributed by atoms with E-state index >= 15 is 0 Å². The number of methoxy groups -OCH3 is 1. The fourth-order valence-corrected chi connectivity index (χ4v) is 4.06. The number of thiophene rings is 1. The second-order valence-electron chi connectivity index (χ2n) is 4.91. The highest BCUT2D eigenvalue weighted by Crippen LogP contribution is 2.37. The van der Waals surface area contributed by atoms with Gasteiger partial charge in [0.1, 0.15) is 0 Å². The van der Waals surface area contributed by atoms with Gasteiger partial charge in [0.25, 0.3) is 0 Å². The molecule has 3 rings (SSSR count). The monoisotopic (exact) mass is 292 g/mol. The number of halogens is 1. The smallest absolute Gasteiger partial charge is 0.170 e. The molecule has 106 valence electrons. The van der Waals surface area contributed by atoms with Crippen LogP contribution in [0.3, 0.4) is 0 Å². The Kier molecular flexibility index (Phi) is 3.74. The molecule has 1 atom stereocenters. The van der Waals surface area contributed by atoms with E-state index in [2.05, 4.69) is 11.5 Å². The molecule has 3 nitrogen and oxygen atoms in total. The van der Waals surface area contributed by atoms with Crippen LogP contribution in [0, 0.1) is 5.82 Å². The van der Waals surface area contributed by atoms with Gasteiger partial charge in [0.2, 0.25) is 0 Å². The van der Waals surface area contributed by atoms with Crippen molar-refractivity contribution in [1.29, 1.82) is 0 Å². The minimum atomic E-state index is -0.355. The zero-order chi connectivity index (χ0) is 14.1. The molecule has 20 heavy (non-hydrogen) atoms. The molecule has 0 bridgehead atoms. The Hall–Kier alpha value is -1.43. The fourth-order valence-electron chi connectivity index (χ4n) is 2.73. The van der Waals surface area contributed by atoms with Crippen LogP contribution in [0.25, 0.3) is 0 Å². The van der Waals surface area contributed by atoms with E-state index < -0.39 is 0 Å². The van der Waals surface area contributed by atoms with Gasteiger partial charge in [0.15, 0.2) is 11.6 Å². The van der Waals surface area contributed by atoms with Crippen molar-refractivity contribution in [2.45, 2.75) is 25.3 Å².